The van der Waals surface area contributed by atoms with Gasteiger partial charge in [-0.25, -0.2) is 0 Å². The molecule has 1 saturated heterocycles. The van der Waals surface area contributed by atoms with E-state index in [9.17, 15) is 19.5 Å². The topological polar surface area (TPSA) is 89.5 Å². The van der Waals surface area contributed by atoms with Crippen LogP contribution in [-0.2, 0) is 9.59 Å². The summed E-state index contributed by atoms with van der Waals surface area (Å²) in [5.74, 6) is -1.71. The Hall–Kier alpha value is -2.02. The van der Waals surface area contributed by atoms with Crippen molar-refractivity contribution in [2.75, 3.05) is 11.9 Å². The molecule has 1 aliphatic rings. The molecule has 2 amide bonds. The Labute approximate surface area is 120 Å². The van der Waals surface area contributed by atoms with E-state index < -0.39 is 22.5 Å². The van der Waals surface area contributed by atoms with E-state index >= 15 is 0 Å². The first kappa shape index (κ1) is 14.4. The second-order valence-corrected chi connectivity index (χ2v) is 5.45. The molecule has 106 valence electrons. The highest BCUT2D eigenvalue weighted by molar-refractivity contribution is 8.15. The third kappa shape index (κ3) is 3.30. The lowest BCUT2D eigenvalue weighted by molar-refractivity contribution is -0.305. The zero-order chi connectivity index (χ0) is 14.7. The third-order valence-corrected chi connectivity index (χ3v) is 3.76. The minimum absolute atomic E-state index is 0.154. The molecule has 1 fully saturated rings. The number of hydrogen-bond donors (Lipinski definition) is 1. The van der Waals surface area contributed by atoms with Crippen molar-refractivity contribution in [2.24, 2.45) is 0 Å². The minimum Gasteiger partial charge on any atom is -0.550 e. The van der Waals surface area contributed by atoms with Crippen LogP contribution in [0.2, 0.25) is 0 Å². The maximum absolute atomic E-state index is 12.0. The van der Waals surface area contributed by atoms with Gasteiger partial charge in [-0.05, 0) is 36.4 Å². The van der Waals surface area contributed by atoms with Gasteiger partial charge in [-0.15, -0.1) is 0 Å². The number of imide groups is 1. The second kappa shape index (κ2) is 5.96. The molecule has 0 saturated carbocycles. The SMILES string of the molecule is Cc1cccc(N[C@@H]2SC(=O)N(CCC(=O)[O-])C2=O)c1. The van der Waals surface area contributed by atoms with Crippen molar-refractivity contribution < 1.29 is 19.5 Å². The van der Waals surface area contributed by atoms with E-state index in [4.69, 9.17) is 0 Å². The molecule has 0 bridgehead atoms. The fourth-order valence-corrected chi connectivity index (χ4v) is 2.76. The van der Waals surface area contributed by atoms with Crippen LogP contribution < -0.4 is 10.4 Å². The maximum Gasteiger partial charge on any atom is 0.290 e. The number of carboxylic acids is 1. The molecule has 2 rings (SSSR count). The van der Waals surface area contributed by atoms with E-state index in [1.165, 1.54) is 0 Å². The molecule has 1 atom stereocenters. The first-order chi connectivity index (χ1) is 9.47. The molecule has 0 aromatic heterocycles. The molecule has 1 heterocycles. The lowest BCUT2D eigenvalue weighted by Crippen LogP contribution is -2.37. The van der Waals surface area contributed by atoms with Crippen molar-refractivity contribution in [3.05, 3.63) is 29.8 Å². The first-order valence-electron chi connectivity index (χ1n) is 6.02. The van der Waals surface area contributed by atoms with Crippen molar-refractivity contribution in [1.29, 1.82) is 0 Å². The highest BCUT2D eigenvalue weighted by Crippen LogP contribution is 2.28. The predicted molar refractivity (Wildman–Crippen MR) is 72.9 cm³/mol. The van der Waals surface area contributed by atoms with Gasteiger partial charge in [0.2, 0.25) is 0 Å². The van der Waals surface area contributed by atoms with Gasteiger partial charge in [-0.2, -0.15) is 0 Å². The number of aliphatic carboxylic acids is 1. The fraction of sp³-hybridized carbons (Fsp3) is 0.308. The van der Waals surface area contributed by atoms with E-state index in [1.807, 2.05) is 25.1 Å². The highest BCUT2D eigenvalue weighted by Gasteiger charge is 2.39. The summed E-state index contributed by atoms with van der Waals surface area (Å²) in [6.45, 7) is 1.77. The molecular weight excluding hydrogens is 280 g/mol. The monoisotopic (exact) mass is 293 g/mol. The summed E-state index contributed by atoms with van der Waals surface area (Å²) in [4.78, 5) is 35.0. The molecule has 1 aromatic carbocycles. The normalized spacial score (nSPS) is 18.4. The first-order valence-corrected chi connectivity index (χ1v) is 6.90. The van der Waals surface area contributed by atoms with E-state index in [1.54, 1.807) is 6.07 Å². The average Bonchev–Trinajstić information content (AvgIpc) is 2.62. The van der Waals surface area contributed by atoms with E-state index in [0.717, 1.165) is 27.9 Å². The van der Waals surface area contributed by atoms with Crippen LogP contribution in [0.25, 0.3) is 0 Å². The van der Waals surface area contributed by atoms with Gasteiger partial charge in [-0.3, -0.25) is 14.5 Å². The number of amides is 2. The molecule has 0 aliphatic carbocycles. The Morgan fingerprint density at radius 2 is 2.20 bits per heavy atom. The number of carbonyl (C=O) groups is 3. The predicted octanol–water partition coefficient (Wildman–Crippen LogP) is 0.568. The fourth-order valence-electron chi connectivity index (χ4n) is 1.83. The van der Waals surface area contributed by atoms with E-state index in [2.05, 4.69) is 5.32 Å². The summed E-state index contributed by atoms with van der Waals surface area (Å²) in [6, 6.07) is 7.43. The summed E-state index contributed by atoms with van der Waals surface area (Å²) in [5.41, 5.74) is 1.77. The van der Waals surface area contributed by atoms with Crippen molar-refractivity contribution in [3.63, 3.8) is 0 Å². The van der Waals surface area contributed by atoms with Crippen LogP contribution in [0.3, 0.4) is 0 Å². The Balaban J connectivity index is 2.02. The van der Waals surface area contributed by atoms with Gasteiger partial charge in [-0.1, -0.05) is 12.1 Å². The molecule has 0 spiro atoms. The maximum atomic E-state index is 12.0. The number of hydrogen-bond acceptors (Lipinski definition) is 6. The standard InChI is InChI=1S/C13H14N2O4S/c1-8-3-2-4-9(7-8)14-11-12(18)15(13(19)20-11)6-5-10(16)17/h2-4,7,11,14H,5-6H2,1H3,(H,16,17)/p-1/t11-/m1/s1. The largest absolute Gasteiger partial charge is 0.550 e. The second-order valence-electron chi connectivity index (χ2n) is 4.39. The van der Waals surface area contributed by atoms with Gasteiger partial charge in [0.15, 0.2) is 5.37 Å². The summed E-state index contributed by atoms with van der Waals surface area (Å²) in [5, 5.41) is 12.2. The number of nitrogens with one attached hydrogen (secondary N) is 1. The smallest absolute Gasteiger partial charge is 0.290 e. The number of thioether (sulfide) groups is 1. The van der Waals surface area contributed by atoms with Crippen molar-refractivity contribution >= 4 is 34.6 Å². The highest BCUT2D eigenvalue weighted by atomic mass is 32.2. The van der Waals surface area contributed by atoms with Crippen molar-refractivity contribution in [2.45, 2.75) is 18.7 Å². The lowest BCUT2D eigenvalue weighted by Gasteiger charge is -2.15. The molecule has 7 heteroatoms. The van der Waals surface area contributed by atoms with Crippen molar-refractivity contribution in [1.82, 2.24) is 4.90 Å². The van der Waals surface area contributed by atoms with Crippen LogP contribution in [-0.4, -0.2) is 33.9 Å². The van der Waals surface area contributed by atoms with Gasteiger partial charge in [0.1, 0.15) is 0 Å². The number of aryl methyl sites for hydroxylation is 1. The minimum atomic E-state index is -1.29. The quantitative estimate of drug-likeness (QED) is 0.853. The molecule has 20 heavy (non-hydrogen) atoms. The Bertz CT molecular complexity index is 561. The summed E-state index contributed by atoms with van der Waals surface area (Å²) in [6.07, 6.45) is -0.352. The number of benzene rings is 1. The molecular formula is C13H13N2O4S-. The molecule has 1 aliphatic heterocycles. The van der Waals surface area contributed by atoms with Gasteiger partial charge in [0, 0.05) is 24.6 Å². The molecule has 6 nitrogen and oxygen atoms in total. The number of anilines is 1. The zero-order valence-electron chi connectivity index (χ0n) is 10.8. The van der Waals surface area contributed by atoms with E-state index in [-0.39, 0.29) is 13.0 Å². The number of nitrogens with zero attached hydrogens (tertiary/aromatic N) is 1. The van der Waals surface area contributed by atoms with Crippen LogP contribution in [0.4, 0.5) is 10.5 Å². The van der Waals surface area contributed by atoms with Gasteiger partial charge in [0.25, 0.3) is 11.1 Å². The van der Waals surface area contributed by atoms with Crippen LogP contribution in [0.15, 0.2) is 24.3 Å². The number of carbonyl (C=O) groups excluding carboxylic acids is 3. The molecule has 1 aromatic rings. The van der Waals surface area contributed by atoms with Gasteiger partial charge >= 0.3 is 0 Å². The van der Waals surface area contributed by atoms with Crippen LogP contribution in [0, 0.1) is 6.92 Å². The Morgan fingerprint density at radius 1 is 1.45 bits per heavy atom. The summed E-state index contributed by atoms with van der Waals surface area (Å²) < 4.78 is 0. The van der Waals surface area contributed by atoms with Crippen LogP contribution >= 0.6 is 11.8 Å². The van der Waals surface area contributed by atoms with Gasteiger partial charge < -0.3 is 15.2 Å². The molecule has 1 N–H and O–H groups in total. The zero-order valence-corrected chi connectivity index (χ0v) is 11.6. The molecule has 0 radical (unpaired) electrons. The summed E-state index contributed by atoms with van der Waals surface area (Å²) >= 11 is 0.847. The number of carboxylic acid groups (broad SMARTS) is 1. The van der Waals surface area contributed by atoms with Crippen molar-refractivity contribution in [3.8, 4) is 0 Å². The van der Waals surface area contributed by atoms with E-state index in [0.29, 0.717) is 0 Å². The Kier molecular flexibility index (Phi) is 4.29. The number of rotatable bonds is 5. The third-order valence-electron chi connectivity index (χ3n) is 2.78. The average molecular weight is 293 g/mol. The lowest BCUT2D eigenvalue weighted by atomic mass is 10.2. The van der Waals surface area contributed by atoms with Crippen LogP contribution in [0.5, 0.6) is 0 Å². The van der Waals surface area contributed by atoms with Gasteiger partial charge in [0.05, 0.1) is 0 Å². The molecule has 0 unspecified atom stereocenters. The Morgan fingerprint density at radius 3 is 2.85 bits per heavy atom. The van der Waals surface area contributed by atoms with Crippen LogP contribution in [0.1, 0.15) is 12.0 Å². The summed E-state index contributed by atoms with van der Waals surface area (Å²) in [7, 11) is 0.